The molecule has 2 aromatic rings. The van der Waals surface area contributed by atoms with Gasteiger partial charge in [0.15, 0.2) is 0 Å². The lowest BCUT2D eigenvalue weighted by atomic mass is 10.1. The number of rotatable bonds is 4. The van der Waals surface area contributed by atoms with Crippen LogP contribution >= 0.6 is 11.6 Å². The third-order valence-electron chi connectivity index (χ3n) is 3.97. The number of nitrogens with zero attached hydrogens (tertiary/aromatic N) is 2. The van der Waals surface area contributed by atoms with Crippen LogP contribution in [-0.4, -0.2) is 30.2 Å². The van der Waals surface area contributed by atoms with Gasteiger partial charge in [-0.15, -0.1) is 0 Å². The number of amides is 1. The second-order valence-corrected chi connectivity index (χ2v) is 6.23. The van der Waals surface area contributed by atoms with Crippen LogP contribution in [0, 0.1) is 0 Å². The zero-order valence-corrected chi connectivity index (χ0v) is 14.2. The lowest BCUT2D eigenvalue weighted by Crippen LogP contribution is -2.24. The van der Waals surface area contributed by atoms with Crippen LogP contribution in [0.25, 0.3) is 0 Å². The summed E-state index contributed by atoms with van der Waals surface area (Å²) >= 11 is 6.06. The Labute approximate surface area is 147 Å². The summed E-state index contributed by atoms with van der Waals surface area (Å²) in [6.07, 6.45) is 5.53. The van der Waals surface area contributed by atoms with Gasteiger partial charge in [-0.2, -0.15) is 5.10 Å². The smallest absolute Gasteiger partial charge is 0.257 e. The van der Waals surface area contributed by atoms with Crippen LogP contribution in [0.15, 0.2) is 53.6 Å². The Hall–Kier alpha value is -2.33. The molecule has 1 saturated heterocycles. The molecular weight excluding hydrogens is 322 g/mol. The zero-order chi connectivity index (χ0) is 16.8. The van der Waals surface area contributed by atoms with E-state index in [0.717, 1.165) is 24.3 Å². The van der Waals surface area contributed by atoms with Crippen LogP contribution in [-0.2, 0) is 0 Å². The fourth-order valence-corrected chi connectivity index (χ4v) is 2.90. The second kappa shape index (κ2) is 7.97. The van der Waals surface area contributed by atoms with Gasteiger partial charge in [-0.05, 0) is 49.1 Å². The number of hydrogen-bond donors (Lipinski definition) is 1. The van der Waals surface area contributed by atoms with Gasteiger partial charge in [-0.3, -0.25) is 9.80 Å². The summed E-state index contributed by atoms with van der Waals surface area (Å²) < 4.78 is 0. The molecule has 1 heterocycles. The van der Waals surface area contributed by atoms with Crippen LogP contribution in [0.1, 0.15) is 35.2 Å². The third-order valence-corrected chi connectivity index (χ3v) is 4.30. The zero-order valence-electron chi connectivity index (χ0n) is 13.4. The minimum Gasteiger partial charge on any atom is -0.322 e. The number of piperidine rings is 1. The largest absolute Gasteiger partial charge is 0.322 e. The van der Waals surface area contributed by atoms with Crippen LogP contribution in [0.5, 0.6) is 0 Å². The van der Waals surface area contributed by atoms with Crippen LogP contribution < -0.4 is 5.32 Å². The van der Waals surface area contributed by atoms with Gasteiger partial charge in [0, 0.05) is 18.8 Å². The molecule has 1 fully saturated rings. The number of carbonyl (C=O) groups is 1. The van der Waals surface area contributed by atoms with Gasteiger partial charge in [0.2, 0.25) is 0 Å². The molecule has 0 atom stereocenters. The number of benzene rings is 2. The van der Waals surface area contributed by atoms with Crippen LogP contribution in [0.3, 0.4) is 0 Å². The van der Waals surface area contributed by atoms with E-state index in [1.807, 2.05) is 30.5 Å². The number of carbonyl (C=O) groups excluding carboxylic acids is 1. The van der Waals surface area contributed by atoms with Crippen molar-refractivity contribution in [3.8, 4) is 0 Å². The van der Waals surface area contributed by atoms with Gasteiger partial charge in [-0.1, -0.05) is 35.9 Å². The number of hydrogen-bond acceptors (Lipinski definition) is 3. The fraction of sp³-hybridized carbons (Fsp3) is 0.263. The van der Waals surface area contributed by atoms with E-state index >= 15 is 0 Å². The molecule has 3 rings (SSSR count). The van der Waals surface area contributed by atoms with E-state index in [0.29, 0.717) is 10.6 Å². The molecule has 24 heavy (non-hydrogen) atoms. The maximum Gasteiger partial charge on any atom is 0.257 e. The standard InChI is InChI=1S/C19H20ClN3O/c20-18-10-3-2-9-17(18)19(24)22-16-8-6-7-15(13-16)14-21-23-11-4-1-5-12-23/h2-3,6-10,13-14H,1,4-5,11-12H2,(H,22,24)/b21-14+. The summed E-state index contributed by atoms with van der Waals surface area (Å²) in [4.78, 5) is 12.3. The first-order chi connectivity index (χ1) is 11.7. The molecule has 0 radical (unpaired) electrons. The Morgan fingerprint density at radius 2 is 1.88 bits per heavy atom. The molecule has 0 bridgehead atoms. The first-order valence-corrected chi connectivity index (χ1v) is 8.55. The average molecular weight is 342 g/mol. The van der Waals surface area contributed by atoms with Crippen molar-refractivity contribution in [2.45, 2.75) is 19.3 Å². The summed E-state index contributed by atoms with van der Waals surface area (Å²) in [5, 5.41) is 9.94. The lowest BCUT2D eigenvalue weighted by Gasteiger charge is -2.23. The molecule has 124 valence electrons. The van der Waals surface area contributed by atoms with Crippen molar-refractivity contribution in [1.29, 1.82) is 0 Å². The molecule has 0 spiro atoms. The molecule has 1 aliphatic rings. The van der Waals surface area contributed by atoms with Crippen molar-refractivity contribution < 1.29 is 4.79 Å². The molecular formula is C19H20ClN3O. The van der Waals surface area contributed by atoms with Gasteiger partial charge in [0.25, 0.3) is 5.91 Å². The highest BCUT2D eigenvalue weighted by atomic mass is 35.5. The summed E-state index contributed by atoms with van der Waals surface area (Å²) in [7, 11) is 0. The van der Waals surface area contributed by atoms with Gasteiger partial charge >= 0.3 is 0 Å². The maximum absolute atomic E-state index is 12.3. The minimum atomic E-state index is -0.217. The number of anilines is 1. The SMILES string of the molecule is O=C(Nc1cccc(/C=N/N2CCCCC2)c1)c1ccccc1Cl. The molecule has 1 amide bonds. The fourth-order valence-electron chi connectivity index (χ4n) is 2.68. The van der Waals surface area contributed by atoms with E-state index in [4.69, 9.17) is 11.6 Å². The van der Waals surface area contributed by atoms with Crippen molar-refractivity contribution in [2.24, 2.45) is 5.10 Å². The average Bonchev–Trinajstić information content (AvgIpc) is 2.61. The second-order valence-electron chi connectivity index (χ2n) is 5.82. The molecule has 4 nitrogen and oxygen atoms in total. The highest BCUT2D eigenvalue weighted by Crippen LogP contribution is 2.18. The van der Waals surface area contributed by atoms with Crippen LogP contribution in [0.4, 0.5) is 5.69 Å². The van der Waals surface area contributed by atoms with E-state index in [9.17, 15) is 4.79 Å². The lowest BCUT2D eigenvalue weighted by molar-refractivity contribution is 0.102. The van der Waals surface area contributed by atoms with Gasteiger partial charge in [-0.25, -0.2) is 0 Å². The Morgan fingerprint density at radius 3 is 2.67 bits per heavy atom. The monoisotopic (exact) mass is 341 g/mol. The number of hydrazone groups is 1. The van der Waals surface area contributed by atoms with Gasteiger partial charge < -0.3 is 5.32 Å². The Morgan fingerprint density at radius 1 is 1.08 bits per heavy atom. The maximum atomic E-state index is 12.3. The summed E-state index contributed by atoms with van der Waals surface area (Å²) in [6, 6.07) is 14.6. The highest BCUT2D eigenvalue weighted by molar-refractivity contribution is 6.34. The Balaban J connectivity index is 1.68. The number of halogens is 1. The molecule has 2 aromatic carbocycles. The molecule has 1 aliphatic heterocycles. The van der Waals surface area contributed by atoms with E-state index < -0.39 is 0 Å². The topological polar surface area (TPSA) is 44.7 Å². The van der Waals surface area contributed by atoms with Crippen molar-refractivity contribution in [3.63, 3.8) is 0 Å². The van der Waals surface area contributed by atoms with E-state index in [1.54, 1.807) is 24.3 Å². The van der Waals surface area contributed by atoms with Crippen molar-refractivity contribution in [3.05, 3.63) is 64.7 Å². The Kier molecular flexibility index (Phi) is 5.49. The predicted octanol–water partition coefficient (Wildman–Crippen LogP) is 4.41. The number of nitrogens with one attached hydrogen (secondary N) is 1. The molecule has 0 unspecified atom stereocenters. The highest BCUT2D eigenvalue weighted by Gasteiger charge is 2.10. The van der Waals surface area contributed by atoms with E-state index in [1.165, 1.54) is 19.3 Å². The molecule has 0 saturated carbocycles. The van der Waals surface area contributed by atoms with Gasteiger partial charge in [0.05, 0.1) is 16.8 Å². The van der Waals surface area contributed by atoms with Crippen LogP contribution in [0.2, 0.25) is 5.02 Å². The first-order valence-electron chi connectivity index (χ1n) is 8.17. The van der Waals surface area contributed by atoms with E-state index in [2.05, 4.69) is 15.4 Å². The van der Waals surface area contributed by atoms with Crippen molar-refractivity contribution in [1.82, 2.24) is 5.01 Å². The summed E-state index contributed by atoms with van der Waals surface area (Å²) in [5.41, 5.74) is 2.14. The van der Waals surface area contributed by atoms with Gasteiger partial charge in [0.1, 0.15) is 0 Å². The quantitative estimate of drug-likeness (QED) is 0.837. The summed E-state index contributed by atoms with van der Waals surface area (Å²) in [5.74, 6) is -0.217. The molecule has 0 aliphatic carbocycles. The normalized spacial score (nSPS) is 14.8. The summed E-state index contributed by atoms with van der Waals surface area (Å²) in [6.45, 7) is 2.03. The predicted molar refractivity (Wildman–Crippen MR) is 98.9 cm³/mol. The molecule has 5 heteroatoms. The van der Waals surface area contributed by atoms with Crippen molar-refractivity contribution in [2.75, 3.05) is 18.4 Å². The Bertz CT molecular complexity index is 739. The first kappa shape index (κ1) is 16.5. The third kappa shape index (κ3) is 4.36. The van der Waals surface area contributed by atoms with E-state index in [-0.39, 0.29) is 5.91 Å². The molecule has 0 aromatic heterocycles. The minimum absolute atomic E-state index is 0.217. The molecule has 1 N–H and O–H groups in total. The van der Waals surface area contributed by atoms with Crippen molar-refractivity contribution >= 4 is 29.4 Å².